The van der Waals surface area contributed by atoms with E-state index in [1.807, 2.05) is 19.2 Å². The molecular weight excluding hydrogens is 268 g/mol. The van der Waals surface area contributed by atoms with Crippen LogP contribution in [-0.2, 0) is 16.1 Å². The first-order chi connectivity index (χ1) is 10.1. The topological polar surface area (TPSA) is 75.8 Å². The summed E-state index contributed by atoms with van der Waals surface area (Å²) in [6.45, 7) is 0.224. The van der Waals surface area contributed by atoms with Crippen molar-refractivity contribution in [3.05, 3.63) is 29.8 Å². The second kappa shape index (κ2) is 5.66. The molecule has 0 spiro atoms. The molecule has 3 rings (SSSR count). The molecular formula is C16H22N2O3. The Kier molecular flexibility index (Phi) is 3.87. The lowest BCUT2D eigenvalue weighted by molar-refractivity contribution is -0.160. The Balaban J connectivity index is 1.63. The molecule has 1 aromatic rings. The third-order valence-electron chi connectivity index (χ3n) is 4.87. The number of benzene rings is 1. The van der Waals surface area contributed by atoms with Crippen LogP contribution in [0.4, 0.5) is 5.69 Å². The standard InChI is InChI=1S/C16H22N2O3/c1-18-12-6-7-13(18)15(14(19)8-12)16(20)21-9-10-2-4-11(17)5-3-10/h2-5,12-15,19H,6-9,17H2,1H3/t12-,13+,14-,15+/m0/s1. The van der Waals surface area contributed by atoms with Crippen molar-refractivity contribution in [2.45, 2.75) is 44.1 Å². The van der Waals surface area contributed by atoms with Crippen LogP contribution in [0, 0.1) is 5.92 Å². The maximum atomic E-state index is 12.3. The highest BCUT2D eigenvalue weighted by atomic mass is 16.5. The molecule has 0 radical (unpaired) electrons. The quantitative estimate of drug-likeness (QED) is 0.645. The summed E-state index contributed by atoms with van der Waals surface area (Å²) >= 11 is 0. The predicted molar refractivity (Wildman–Crippen MR) is 79.3 cm³/mol. The smallest absolute Gasteiger partial charge is 0.313 e. The number of nitrogen functional groups attached to an aromatic ring is 1. The molecule has 2 aliphatic heterocycles. The number of nitrogens with two attached hydrogens (primary N) is 1. The highest BCUT2D eigenvalue weighted by Crippen LogP contribution is 2.38. The number of carbonyl (C=O) groups excluding carboxylic acids is 1. The number of nitrogens with zero attached hydrogens (tertiary/aromatic N) is 1. The minimum Gasteiger partial charge on any atom is -0.460 e. The third-order valence-corrected chi connectivity index (χ3v) is 4.87. The van der Waals surface area contributed by atoms with Crippen molar-refractivity contribution in [3.63, 3.8) is 0 Å². The van der Waals surface area contributed by atoms with Crippen LogP contribution >= 0.6 is 0 Å². The van der Waals surface area contributed by atoms with Crippen LogP contribution in [0.1, 0.15) is 24.8 Å². The van der Waals surface area contributed by atoms with Crippen molar-refractivity contribution in [2.75, 3.05) is 12.8 Å². The van der Waals surface area contributed by atoms with Crippen molar-refractivity contribution >= 4 is 11.7 Å². The van der Waals surface area contributed by atoms with Gasteiger partial charge in [0.2, 0.25) is 0 Å². The summed E-state index contributed by atoms with van der Waals surface area (Å²) in [6.07, 6.45) is 2.09. The van der Waals surface area contributed by atoms with E-state index in [9.17, 15) is 9.90 Å². The molecule has 2 aliphatic rings. The van der Waals surface area contributed by atoms with Gasteiger partial charge in [0.1, 0.15) is 6.61 Å². The number of carbonyl (C=O) groups is 1. The van der Waals surface area contributed by atoms with Gasteiger partial charge in [-0.25, -0.2) is 0 Å². The van der Waals surface area contributed by atoms with E-state index >= 15 is 0 Å². The van der Waals surface area contributed by atoms with Gasteiger partial charge >= 0.3 is 5.97 Å². The molecule has 3 N–H and O–H groups in total. The fraction of sp³-hybridized carbons (Fsp3) is 0.562. The second-order valence-electron chi connectivity index (χ2n) is 6.14. The minimum absolute atomic E-state index is 0.109. The van der Waals surface area contributed by atoms with E-state index in [0.29, 0.717) is 18.2 Å². The van der Waals surface area contributed by atoms with Crippen LogP contribution in [0.15, 0.2) is 24.3 Å². The van der Waals surface area contributed by atoms with Gasteiger partial charge in [0.05, 0.1) is 12.0 Å². The molecule has 5 heteroatoms. The van der Waals surface area contributed by atoms with Crippen molar-refractivity contribution in [1.82, 2.24) is 4.90 Å². The highest BCUT2D eigenvalue weighted by Gasteiger charge is 2.48. The number of hydrogen-bond acceptors (Lipinski definition) is 5. The molecule has 21 heavy (non-hydrogen) atoms. The molecule has 2 saturated heterocycles. The predicted octanol–water partition coefficient (Wildman–Crippen LogP) is 1.16. The maximum Gasteiger partial charge on any atom is 0.313 e. The average Bonchev–Trinajstić information content (AvgIpc) is 2.71. The molecule has 0 saturated carbocycles. The zero-order valence-electron chi connectivity index (χ0n) is 12.2. The number of aliphatic hydroxyl groups is 1. The Labute approximate surface area is 124 Å². The summed E-state index contributed by atoms with van der Waals surface area (Å²) in [4.78, 5) is 14.6. The van der Waals surface area contributed by atoms with Crippen molar-refractivity contribution < 1.29 is 14.6 Å². The summed E-state index contributed by atoms with van der Waals surface area (Å²) in [5.41, 5.74) is 7.22. The number of fused-ring (bicyclic) bond motifs is 2. The van der Waals surface area contributed by atoms with Crippen molar-refractivity contribution in [1.29, 1.82) is 0 Å². The Morgan fingerprint density at radius 2 is 2.10 bits per heavy atom. The van der Waals surface area contributed by atoms with Crippen molar-refractivity contribution in [2.24, 2.45) is 5.92 Å². The Bertz CT molecular complexity index is 517. The monoisotopic (exact) mass is 290 g/mol. The lowest BCUT2D eigenvalue weighted by Crippen LogP contribution is -2.52. The largest absolute Gasteiger partial charge is 0.460 e. The van der Waals surface area contributed by atoms with E-state index in [1.165, 1.54) is 0 Å². The number of rotatable bonds is 3. The molecule has 114 valence electrons. The summed E-state index contributed by atoms with van der Waals surface area (Å²) in [6, 6.07) is 7.78. The normalized spacial score (nSPS) is 32.1. The van der Waals surface area contributed by atoms with E-state index in [0.717, 1.165) is 18.4 Å². The van der Waals surface area contributed by atoms with Crippen LogP contribution in [0.25, 0.3) is 0 Å². The number of esters is 1. The maximum absolute atomic E-state index is 12.3. The van der Waals surface area contributed by atoms with Gasteiger partial charge in [-0.2, -0.15) is 0 Å². The molecule has 5 nitrogen and oxygen atoms in total. The fourth-order valence-corrected chi connectivity index (χ4v) is 3.62. The Hall–Kier alpha value is -1.59. The fourth-order valence-electron chi connectivity index (χ4n) is 3.62. The Morgan fingerprint density at radius 1 is 1.38 bits per heavy atom. The molecule has 4 atom stereocenters. The number of piperidine rings is 1. The molecule has 0 unspecified atom stereocenters. The van der Waals surface area contributed by atoms with Gasteiger partial charge in [0.25, 0.3) is 0 Å². The van der Waals surface area contributed by atoms with E-state index in [4.69, 9.17) is 10.5 Å². The first-order valence-electron chi connectivity index (χ1n) is 7.47. The molecule has 0 aromatic heterocycles. The molecule has 0 amide bonds. The average molecular weight is 290 g/mol. The van der Waals surface area contributed by atoms with Gasteiger partial charge in [0.15, 0.2) is 0 Å². The van der Waals surface area contributed by atoms with Gasteiger partial charge in [-0.1, -0.05) is 12.1 Å². The van der Waals surface area contributed by atoms with Crippen molar-refractivity contribution in [3.8, 4) is 0 Å². The van der Waals surface area contributed by atoms with Gasteiger partial charge < -0.3 is 15.6 Å². The molecule has 2 heterocycles. The first-order valence-corrected chi connectivity index (χ1v) is 7.47. The molecule has 2 bridgehead atoms. The van der Waals surface area contributed by atoms with Gasteiger partial charge in [-0.05, 0) is 44.0 Å². The van der Waals surface area contributed by atoms with Crippen LogP contribution in [-0.4, -0.2) is 41.2 Å². The zero-order valence-corrected chi connectivity index (χ0v) is 12.2. The Morgan fingerprint density at radius 3 is 2.81 bits per heavy atom. The third kappa shape index (κ3) is 2.76. The number of anilines is 1. The first kappa shape index (κ1) is 14.4. The molecule has 1 aromatic carbocycles. The number of hydrogen-bond donors (Lipinski definition) is 2. The van der Waals surface area contributed by atoms with Crippen LogP contribution < -0.4 is 5.73 Å². The van der Waals surface area contributed by atoms with E-state index in [-0.39, 0.29) is 18.6 Å². The zero-order chi connectivity index (χ0) is 15.0. The minimum atomic E-state index is -0.586. The summed E-state index contributed by atoms with van der Waals surface area (Å²) in [5.74, 6) is -0.723. The van der Waals surface area contributed by atoms with E-state index in [1.54, 1.807) is 12.1 Å². The molecule has 2 fully saturated rings. The van der Waals surface area contributed by atoms with Gasteiger partial charge in [0, 0.05) is 17.8 Å². The number of ether oxygens (including phenoxy) is 1. The highest BCUT2D eigenvalue weighted by molar-refractivity contribution is 5.74. The summed E-state index contributed by atoms with van der Waals surface area (Å²) in [5, 5.41) is 10.2. The van der Waals surface area contributed by atoms with Crippen LogP contribution in [0.2, 0.25) is 0 Å². The van der Waals surface area contributed by atoms with E-state index < -0.39 is 12.0 Å². The SMILES string of the molecule is CN1[C@H]2CC[C@@H]1[C@@H](C(=O)OCc1ccc(N)cc1)[C@@H](O)C2. The van der Waals surface area contributed by atoms with Gasteiger partial charge in [-0.15, -0.1) is 0 Å². The number of aliphatic hydroxyl groups excluding tert-OH is 1. The van der Waals surface area contributed by atoms with Gasteiger partial charge in [-0.3, -0.25) is 9.69 Å². The lowest BCUT2D eigenvalue weighted by Gasteiger charge is -2.39. The van der Waals surface area contributed by atoms with Crippen LogP contribution in [0.5, 0.6) is 0 Å². The van der Waals surface area contributed by atoms with E-state index in [2.05, 4.69) is 4.90 Å². The summed E-state index contributed by atoms with van der Waals surface area (Å²) in [7, 11) is 2.04. The van der Waals surface area contributed by atoms with Crippen LogP contribution in [0.3, 0.4) is 0 Å². The second-order valence-corrected chi connectivity index (χ2v) is 6.14. The lowest BCUT2D eigenvalue weighted by atomic mass is 9.88. The molecule has 0 aliphatic carbocycles. The summed E-state index contributed by atoms with van der Waals surface area (Å²) < 4.78 is 5.41.